The van der Waals surface area contributed by atoms with Gasteiger partial charge in [-0.1, -0.05) is 35.4 Å². The zero-order valence-corrected chi connectivity index (χ0v) is 8.69. The molecule has 1 atom stereocenters. The first kappa shape index (κ1) is 10.3. The van der Waals surface area contributed by atoms with Gasteiger partial charge in [0.2, 0.25) is 0 Å². The quantitative estimate of drug-likeness (QED) is 0.677. The molecule has 0 fully saturated rings. The van der Waals surface area contributed by atoms with E-state index in [9.17, 15) is 0 Å². The molecule has 0 aliphatic heterocycles. The zero-order valence-electron chi connectivity index (χ0n) is 7.87. The van der Waals surface area contributed by atoms with Crippen molar-refractivity contribution in [3.63, 3.8) is 0 Å². The van der Waals surface area contributed by atoms with Gasteiger partial charge in [-0.3, -0.25) is 0 Å². The largest absolute Gasteiger partial charge is 0.321 e. The fourth-order valence-corrected chi connectivity index (χ4v) is 1.68. The third-order valence-corrected chi connectivity index (χ3v) is 2.45. The summed E-state index contributed by atoms with van der Waals surface area (Å²) in [4.78, 5) is 0. The molecule has 0 saturated carbocycles. The Hall–Kier alpha value is -0.790. The summed E-state index contributed by atoms with van der Waals surface area (Å²) in [6.07, 6.45) is 2.17. The van der Waals surface area contributed by atoms with Crippen LogP contribution in [0.4, 0.5) is 0 Å². The Labute approximate surface area is 85.1 Å². The first-order valence-electron chi connectivity index (χ1n) is 4.23. The predicted molar refractivity (Wildman–Crippen MR) is 59.0 cm³/mol. The Kier molecular flexibility index (Phi) is 2.79. The Balaban J connectivity index is 0.000000845. The van der Waals surface area contributed by atoms with Crippen LogP contribution in [0.3, 0.4) is 0 Å². The summed E-state index contributed by atoms with van der Waals surface area (Å²) in [7, 11) is 0. The average molecular weight is 196 g/mol. The summed E-state index contributed by atoms with van der Waals surface area (Å²) in [6.45, 7) is 4.18. The van der Waals surface area contributed by atoms with Gasteiger partial charge in [-0.05, 0) is 25.0 Å². The molecular weight excluding hydrogens is 182 g/mol. The molecule has 0 heterocycles. The van der Waals surface area contributed by atoms with E-state index in [4.69, 9.17) is 5.73 Å². The predicted octanol–water partition coefficient (Wildman–Crippen LogP) is 2.83. The van der Waals surface area contributed by atoms with Crippen LogP contribution < -0.4 is 5.73 Å². The summed E-state index contributed by atoms with van der Waals surface area (Å²) < 4.78 is 0. The molecule has 1 aliphatic rings. The second-order valence-electron chi connectivity index (χ2n) is 3.50. The van der Waals surface area contributed by atoms with Gasteiger partial charge in [0, 0.05) is 0 Å². The van der Waals surface area contributed by atoms with Crippen molar-refractivity contribution in [2.75, 3.05) is 0 Å². The molecule has 1 aromatic rings. The molecule has 2 rings (SSSR count). The van der Waals surface area contributed by atoms with Crippen LogP contribution in [0, 0.1) is 6.92 Å². The standard InChI is InChI=1S/C11H13N.ClH/c1-7-3-4-9-6-8(2)11(12)10(9)5-7;/h3-6,11H,12H2,1-2H3;1H. The molecule has 1 aromatic carbocycles. The van der Waals surface area contributed by atoms with Crippen LogP contribution >= 0.6 is 12.4 Å². The molecule has 1 aliphatic carbocycles. The lowest BCUT2D eigenvalue weighted by molar-refractivity contribution is 0.869. The normalized spacial score (nSPS) is 19.0. The maximum atomic E-state index is 5.99. The van der Waals surface area contributed by atoms with Crippen LogP contribution in [0.1, 0.15) is 29.7 Å². The third kappa shape index (κ3) is 1.62. The van der Waals surface area contributed by atoms with Crippen LogP contribution in [0.5, 0.6) is 0 Å². The molecule has 13 heavy (non-hydrogen) atoms. The highest BCUT2D eigenvalue weighted by Gasteiger charge is 2.17. The number of fused-ring (bicyclic) bond motifs is 1. The third-order valence-electron chi connectivity index (χ3n) is 2.45. The summed E-state index contributed by atoms with van der Waals surface area (Å²) in [6, 6.07) is 6.56. The molecule has 0 aromatic heterocycles. The number of hydrogen-bond acceptors (Lipinski definition) is 1. The molecule has 0 radical (unpaired) electrons. The summed E-state index contributed by atoms with van der Waals surface area (Å²) >= 11 is 0. The van der Waals surface area contributed by atoms with E-state index < -0.39 is 0 Å². The van der Waals surface area contributed by atoms with E-state index in [1.54, 1.807) is 0 Å². The summed E-state index contributed by atoms with van der Waals surface area (Å²) in [5.74, 6) is 0. The smallest absolute Gasteiger partial charge is 0.0517 e. The number of hydrogen-bond donors (Lipinski definition) is 1. The van der Waals surface area contributed by atoms with Crippen molar-refractivity contribution in [1.82, 2.24) is 0 Å². The highest BCUT2D eigenvalue weighted by molar-refractivity contribution is 5.85. The van der Waals surface area contributed by atoms with Crippen molar-refractivity contribution in [2.24, 2.45) is 5.73 Å². The van der Waals surface area contributed by atoms with Gasteiger partial charge in [-0.2, -0.15) is 0 Å². The number of benzene rings is 1. The first-order chi connectivity index (χ1) is 5.68. The fourth-order valence-electron chi connectivity index (χ4n) is 1.68. The average Bonchev–Trinajstić information content (AvgIpc) is 2.31. The van der Waals surface area contributed by atoms with Gasteiger partial charge in [0.1, 0.15) is 0 Å². The zero-order chi connectivity index (χ0) is 8.72. The molecule has 1 unspecified atom stereocenters. The maximum Gasteiger partial charge on any atom is 0.0517 e. The van der Waals surface area contributed by atoms with Crippen LogP contribution in [0.2, 0.25) is 0 Å². The minimum atomic E-state index is 0. The lowest BCUT2D eigenvalue weighted by atomic mass is 10.0. The van der Waals surface area contributed by atoms with E-state index >= 15 is 0 Å². The van der Waals surface area contributed by atoms with Crippen molar-refractivity contribution in [3.05, 3.63) is 40.5 Å². The molecular formula is C11H14ClN. The Morgan fingerprint density at radius 2 is 1.92 bits per heavy atom. The summed E-state index contributed by atoms with van der Waals surface area (Å²) in [5.41, 5.74) is 11.1. The Morgan fingerprint density at radius 1 is 1.23 bits per heavy atom. The van der Waals surface area contributed by atoms with Gasteiger partial charge in [-0.25, -0.2) is 0 Å². The first-order valence-corrected chi connectivity index (χ1v) is 4.23. The molecule has 2 heteroatoms. The number of nitrogens with two attached hydrogens (primary N) is 1. The number of rotatable bonds is 0. The highest BCUT2D eigenvalue weighted by Crippen LogP contribution is 2.32. The van der Waals surface area contributed by atoms with Crippen LogP contribution in [0.25, 0.3) is 6.08 Å². The second-order valence-corrected chi connectivity index (χ2v) is 3.50. The Morgan fingerprint density at radius 3 is 2.62 bits per heavy atom. The molecule has 70 valence electrons. The van der Waals surface area contributed by atoms with Crippen molar-refractivity contribution in [1.29, 1.82) is 0 Å². The van der Waals surface area contributed by atoms with Crippen molar-refractivity contribution >= 4 is 18.5 Å². The Bertz CT molecular complexity index is 355. The van der Waals surface area contributed by atoms with Gasteiger partial charge in [-0.15, -0.1) is 12.4 Å². The van der Waals surface area contributed by atoms with Crippen molar-refractivity contribution in [3.8, 4) is 0 Å². The van der Waals surface area contributed by atoms with E-state index in [-0.39, 0.29) is 18.4 Å². The van der Waals surface area contributed by atoms with Gasteiger partial charge in [0.05, 0.1) is 6.04 Å². The fraction of sp³-hybridized carbons (Fsp3) is 0.273. The number of halogens is 1. The van der Waals surface area contributed by atoms with Gasteiger partial charge < -0.3 is 5.73 Å². The lowest BCUT2D eigenvalue weighted by Crippen LogP contribution is -2.08. The van der Waals surface area contributed by atoms with Crippen LogP contribution in [0.15, 0.2) is 23.8 Å². The second kappa shape index (κ2) is 3.52. The molecule has 0 bridgehead atoms. The SMILES string of the molecule is CC1=Cc2ccc(C)cc2C1N.Cl. The molecule has 0 saturated heterocycles. The number of aryl methyl sites for hydroxylation is 1. The van der Waals surface area contributed by atoms with Crippen molar-refractivity contribution < 1.29 is 0 Å². The van der Waals surface area contributed by atoms with Gasteiger partial charge in [0.25, 0.3) is 0 Å². The molecule has 2 N–H and O–H groups in total. The van der Waals surface area contributed by atoms with Gasteiger partial charge >= 0.3 is 0 Å². The highest BCUT2D eigenvalue weighted by atomic mass is 35.5. The van der Waals surface area contributed by atoms with Gasteiger partial charge in [0.15, 0.2) is 0 Å². The van der Waals surface area contributed by atoms with E-state index in [1.165, 1.54) is 22.3 Å². The monoisotopic (exact) mass is 195 g/mol. The van der Waals surface area contributed by atoms with E-state index in [0.29, 0.717) is 0 Å². The van der Waals surface area contributed by atoms with E-state index in [1.807, 2.05) is 0 Å². The minimum absolute atomic E-state index is 0. The van der Waals surface area contributed by atoms with Crippen molar-refractivity contribution in [2.45, 2.75) is 19.9 Å². The molecule has 1 nitrogen and oxygen atoms in total. The van der Waals surface area contributed by atoms with E-state index in [0.717, 1.165) is 0 Å². The summed E-state index contributed by atoms with van der Waals surface area (Å²) in [5, 5.41) is 0. The minimum Gasteiger partial charge on any atom is -0.321 e. The van der Waals surface area contributed by atoms with E-state index in [2.05, 4.69) is 38.1 Å². The molecule has 0 spiro atoms. The molecule has 0 amide bonds. The topological polar surface area (TPSA) is 26.0 Å². The van der Waals surface area contributed by atoms with Crippen LogP contribution in [-0.4, -0.2) is 0 Å². The maximum absolute atomic E-state index is 5.99. The van der Waals surface area contributed by atoms with Crippen LogP contribution in [-0.2, 0) is 0 Å². The lowest BCUT2D eigenvalue weighted by Gasteiger charge is -2.07.